The molecular formula is C9H19NO3. The molecule has 0 radical (unpaired) electrons. The van der Waals surface area contributed by atoms with Crippen LogP contribution in [0, 0.1) is 0 Å². The Hall–Kier alpha value is -0.610. The van der Waals surface area contributed by atoms with Gasteiger partial charge in [-0.2, -0.15) is 0 Å². The molecule has 0 aromatic heterocycles. The summed E-state index contributed by atoms with van der Waals surface area (Å²) in [7, 11) is 1.59. The van der Waals surface area contributed by atoms with Crippen LogP contribution in [0.5, 0.6) is 0 Å². The average molecular weight is 189 g/mol. The van der Waals surface area contributed by atoms with Crippen LogP contribution in [-0.2, 0) is 14.3 Å². The van der Waals surface area contributed by atoms with Crippen molar-refractivity contribution in [3.8, 4) is 0 Å². The molecule has 78 valence electrons. The molecule has 0 saturated heterocycles. The first kappa shape index (κ1) is 12.4. The van der Waals surface area contributed by atoms with E-state index in [0.717, 1.165) is 0 Å². The second kappa shape index (κ2) is 5.19. The minimum Gasteiger partial charge on any atom is -0.465 e. The molecule has 0 aromatic rings. The summed E-state index contributed by atoms with van der Waals surface area (Å²) in [5.74, 6) is -0.376. The number of esters is 1. The largest absolute Gasteiger partial charge is 0.465 e. The van der Waals surface area contributed by atoms with Crippen molar-refractivity contribution in [3.63, 3.8) is 0 Å². The first-order valence-corrected chi connectivity index (χ1v) is 4.43. The van der Waals surface area contributed by atoms with Crippen molar-refractivity contribution in [3.05, 3.63) is 0 Å². The number of carbonyl (C=O) groups excluding carboxylic acids is 1. The minimum absolute atomic E-state index is 0.0422. The van der Waals surface area contributed by atoms with Gasteiger partial charge in [-0.1, -0.05) is 0 Å². The van der Waals surface area contributed by atoms with Gasteiger partial charge in [0.2, 0.25) is 0 Å². The van der Waals surface area contributed by atoms with Crippen LogP contribution < -0.4 is 5.73 Å². The van der Waals surface area contributed by atoms with Crippen LogP contribution >= 0.6 is 0 Å². The maximum Gasteiger partial charge on any atom is 0.325 e. The molecule has 13 heavy (non-hydrogen) atoms. The Morgan fingerprint density at radius 2 is 2.15 bits per heavy atom. The van der Waals surface area contributed by atoms with E-state index in [4.69, 9.17) is 15.2 Å². The highest BCUT2D eigenvalue weighted by molar-refractivity contribution is 5.80. The van der Waals surface area contributed by atoms with Crippen molar-refractivity contribution in [2.75, 3.05) is 13.7 Å². The van der Waals surface area contributed by atoms with Crippen LogP contribution in [-0.4, -0.2) is 31.3 Å². The summed E-state index contributed by atoms with van der Waals surface area (Å²) in [5.41, 5.74) is 4.82. The molecule has 0 saturated carbocycles. The lowest BCUT2D eigenvalue weighted by atomic mass is 9.96. The molecule has 0 aliphatic rings. The molecular weight excluding hydrogens is 170 g/mol. The lowest BCUT2D eigenvalue weighted by molar-refractivity contribution is -0.150. The van der Waals surface area contributed by atoms with Gasteiger partial charge < -0.3 is 15.2 Å². The van der Waals surface area contributed by atoms with E-state index in [1.807, 2.05) is 6.92 Å². The SMILES string of the molecule is CCOC(=O)C(C)(N)CC(C)OC. The van der Waals surface area contributed by atoms with Gasteiger partial charge >= 0.3 is 5.97 Å². The number of hydrogen-bond acceptors (Lipinski definition) is 4. The third-order valence-corrected chi connectivity index (χ3v) is 1.86. The Morgan fingerprint density at radius 3 is 2.54 bits per heavy atom. The predicted molar refractivity (Wildman–Crippen MR) is 50.3 cm³/mol. The van der Waals surface area contributed by atoms with Gasteiger partial charge in [-0.15, -0.1) is 0 Å². The van der Waals surface area contributed by atoms with E-state index in [9.17, 15) is 4.79 Å². The van der Waals surface area contributed by atoms with E-state index in [0.29, 0.717) is 13.0 Å². The van der Waals surface area contributed by atoms with E-state index in [-0.39, 0.29) is 12.1 Å². The van der Waals surface area contributed by atoms with E-state index in [1.54, 1.807) is 21.0 Å². The van der Waals surface area contributed by atoms with Crippen molar-refractivity contribution < 1.29 is 14.3 Å². The standard InChI is InChI=1S/C9H19NO3/c1-5-13-8(11)9(3,10)6-7(2)12-4/h7H,5-6,10H2,1-4H3. The zero-order valence-corrected chi connectivity index (χ0v) is 8.79. The minimum atomic E-state index is -0.953. The van der Waals surface area contributed by atoms with Crippen molar-refractivity contribution in [1.82, 2.24) is 0 Å². The summed E-state index contributed by atoms with van der Waals surface area (Å²) in [6.45, 7) is 5.63. The number of methoxy groups -OCH3 is 1. The first-order chi connectivity index (χ1) is 5.94. The molecule has 0 spiro atoms. The summed E-state index contributed by atoms with van der Waals surface area (Å²) in [6, 6.07) is 0. The quantitative estimate of drug-likeness (QED) is 0.646. The third kappa shape index (κ3) is 4.24. The number of carbonyl (C=O) groups is 1. The fourth-order valence-corrected chi connectivity index (χ4v) is 1.06. The van der Waals surface area contributed by atoms with Gasteiger partial charge in [-0.05, 0) is 20.8 Å². The lowest BCUT2D eigenvalue weighted by Crippen LogP contribution is -2.48. The second-order valence-electron chi connectivity index (χ2n) is 3.39. The van der Waals surface area contributed by atoms with Crippen LogP contribution in [0.4, 0.5) is 0 Å². The summed E-state index contributed by atoms with van der Waals surface area (Å²) >= 11 is 0. The molecule has 0 amide bonds. The van der Waals surface area contributed by atoms with E-state index in [2.05, 4.69) is 0 Å². The predicted octanol–water partition coefficient (Wildman–Crippen LogP) is 0.692. The van der Waals surface area contributed by atoms with Crippen molar-refractivity contribution in [1.29, 1.82) is 0 Å². The Balaban J connectivity index is 4.13. The van der Waals surface area contributed by atoms with Crippen molar-refractivity contribution >= 4 is 5.97 Å². The zero-order valence-electron chi connectivity index (χ0n) is 8.79. The van der Waals surface area contributed by atoms with E-state index in [1.165, 1.54) is 0 Å². The number of rotatable bonds is 5. The molecule has 0 heterocycles. The van der Waals surface area contributed by atoms with E-state index < -0.39 is 5.54 Å². The molecule has 2 unspecified atom stereocenters. The maximum atomic E-state index is 11.3. The number of hydrogen-bond donors (Lipinski definition) is 1. The van der Waals surface area contributed by atoms with Crippen LogP contribution in [0.25, 0.3) is 0 Å². The lowest BCUT2D eigenvalue weighted by Gasteiger charge is -2.24. The van der Waals surface area contributed by atoms with Gasteiger partial charge in [0.15, 0.2) is 0 Å². The topological polar surface area (TPSA) is 61.5 Å². The molecule has 4 heteroatoms. The van der Waals surface area contributed by atoms with Gasteiger partial charge in [0, 0.05) is 13.5 Å². The zero-order chi connectivity index (χ0) is 10.5. The maximum absolute atomic E-state index is 11.3. The van der Waals surface area contributed by atoms with Gasteiger partial charge in [0.1, 0.15) is 5.54 Å². The summed E-state index contributed by atoms with van der Waals surface area (Å²) in [4.78, 5) is 11.3. The fraction of sp³-hybridized carbons (Fsp3) is 0.889. The average Bonchev–Trinajstić information content (AvgIpc) is 2.04. The molecule has 0 aliphatic heterocycles. The Labute approximate surface area is 79.4 Å². The summed E-state index contributed by atoms with van der Waals surface area (Å²) in [5, 5.41) is 0. The molecule has 2 atom stereocenters. The van der Waals surface area contributed by atoms with E-state index >= 15 is 0 Å². The monoisotopic (exact) mass is 189 g/mol. The van der Waals surface area contributed by atoms with Gasteiger partial charge in [-0.3, -0.25) is 4.79 Å². The van der Waals surface area contributed by atoms with Gasteiger partial charge in [0.05, 0.1) is 12.7 Å². The molecule has 0 aliphatic carbocycles. The number of nitrogens with two attached hydrogens (primary N) is 1. The van der Waals surface area contributed by atoms with Crippen LogP contribution in [0.15, 0.2) is 0 Å². The van der Waals surface area contributed by atoms with Crippen LogP contribution in [0.3, 0.4) is 0 Å². The molecule has 0 bridgehead atoms. The van der Waals surface area contributed by atoms with Crippen LogP contribution in [0.1, 0.15) is 27.2 Å². The third-order valence-electron chi connectivity index (χ3n) is 1.86. The Kier molecular flexibility index (Phi) is 4.95. The normalized spacial score (nSPS) is 17.6. The highest BCUT2D eigenvalue weighted by Crippen LogP contribution is 2.12. The van der Waals surface area contributed by atoms with Gasteiger partial charge in [0.25, 0.3) is 0 Å². The van der Waals surface area contributed by atoms with Crippen molar-refractivity contribution in [2.45, 2.75) is 38.8 Å². The molecule has 2 N–H and O–H groups in total. The Bertz CT molecular complexity index is 168. The smallest absolute Gasteiger partial charge is 0.325 e. The summed E-state index contributed by atoms with van der Waals surface area (Å²) < 4.78 is 9.86. The second-order valence-corrected chi connectivity index (χ2v) is 3.39. The fourth-order valence-electron chi connectivity index (χ4n) is 1.06. The van der Waals surface area contributed by atoms with Crippen molar-refractivity contribution in [2.24, 2.45) is 5.73 Å². The summed E-state index contributed by atoms with van der Waals surface area (Å²) in [6.07, 6.45) is 0.418. The number of ether oxygens (including phenoxy) is 2. The molecule has 0 fully saturated rings. The van der Waals surface area contributed by atoms with Crippen LogP contribution in [0.2, 0.25) is 0 Å². The highest BCUT2D eigenvalue weighted by atomic mass is 16.5. The first-order valence-electron chi connectivity index (χ1n) is 4.43. The molecule has 0 rings (SSSR count). The Morgan fingerprint density at radius 1 is 1.62 bits per heavy atom. The van der Waals surface area contributed by atoms with Gasteiger partial charge in [-0.25, -0.2) is 0 Å². The molecule has 0 aromatic carbocycles. The molecule has 4 nitrogen and oxygen atoms in total. The highest BCUT2D eigenvalue weighted by Gasteiger charge is 2.31.